The van der Waals surface area contributed by atoms with E-state index in [4.69, 9.17) is 5.73 Å². The number of hydrogen-bond acceptors (Lipinski definition) is 4. The summed E-state index contributed by atoms with van der Waals surface area (Å²) in [6, 6.07) is 5.89. The lowest BCUT2D eigenvalue weighted by Crippen LogP contribution is -2.19. The third-order valence-corrected chi connectivity index (χ3v) is 4.73. The Morgan fingerprint density at radius 2 is 2.10 bits per heavy atom. The van der Waals surface area contributed by atoms with Crippen LogP contribution in [0, 0.1) is 18.3 Å². The lowest BCUT2D eigenvalue weighted by molar-refractivity contribution is 0.294. The molecule has 0 saturated heterocycles. The molecular formula is C15H21N5. The zero-order chi connectivity index (χ0) is 14.3. The monoisotopic (exact) mass is 271 g/mol. The number of nitrogens with zero attached hydrogens (tertiary/aromatic N) is 4. The number of hydrogen-bond donors (Lipinski definition) is 1. The fourth-order valence-corrected chi connectivity index (χ4v) is 2.78. The smallest absolute Gasteiger partial charge is 0.182 e. The molecule has 0 radical (unpaired) electrons. The van der Waals surface area contributed by atoms with Crippen molar-refractivity contribution in [3.63, 3.8) is 0 Å². The quantitative estimate of drug-likeness (QED) is 0.868. The van der Waals surface area contributed by atoms with E-state index in [1.807, 2.05) is 29.8 Å². The molecule has 0 atom stereocenters. The Balaban J connectivity index is 1.97. The standard InChI is InChI=1S/C15H21N5/c1-10(2)15(7-8-15)9-20-14(17-18-19-20)12-5-4-6-13(16)11(12)3/h4-6,10H,7-9,16H2,1-3H3. The first kappa shape index (κ1) is 13.1. The van der Waals surface area contributed by atoms with Gasteiger partial charge in [-0.15, -0.1) is 5.10 Å². The van der Waals surface area contributed by atoms with E-state index in [0.29, 0.717) is 11.3 Å². The average Bonchev–Trinajstić information content (AvgIpc) is 3.06. The van der Waals surface area contributed by atoms with Crippen molar-refractivity contribution in [2.24, 2.45) is 11.3 Å². The van der Waals surface area contributed by atoms with Gasteiger partial charge in [-0.1, -0.05) is 26.0 Å². The van der Waals surface area contributed by atoms with Crippen molar-refractivity contribution in [3.8, 4) is 11.4 Å². The molecule has 106 valence electrons. The summed E-state index contributed by atoms with van der Waals surface area (Å²) in [6.07, 6.45) is 2.53. The number of nitrogens with two attached hydrogens (primary N) is 1. The third-order valence-electron chi connectivity index (χ3n) is 4.73. The van der Waals surface area contributed by atoms with E-state index >= 15 is 0 Å². The summed E-state index contributed by atoms with van der Waals surface area (Å²) < 4.78 is 1.94. The van der Waals surface area contributed by atoms with Gasteiger partial charge in [-0.05, 0) is 53.2 Å². The van der Waals surface area contributed by atoms with Crippen LogP contribution in [-0.2, 0) is 6.54 Å². The Labute approximate surface area is 119 Å². The molecular weight excluding hydrogens is 250 g/mol. The van der Waals surface area contributed by atoms with Crippen LogP contribution in [0.5, 0.6) is 0 Å². The van der Waals surface area contributed by atoms with Crippen LogP contribution >= 0.6 is 0 Å². The van der Waals surface area contributed by atoms with Crippen molar-refractivity contribution in [1.82, 2.24) is 20.2 Å². The van der Waals surface area contributed by atoms with Crippen molar-refractivity contribution in [2.45, 2.75) is 40.2 Å². The van der Waals surface area contributed by atoms with Crippen molar-refractivity contribution in [2.75, 3.05) is 5.73 Å². The highest BCUT2D eigenvalue weighted by Crippen LogP contribution is 2.53. The number of aromatic nitrogens is 4. The first-order valence-corrected chi connectivity index (χ1v) is 7.15. The molecule has 1 saturated carbocycles. The maximum absolute atomic E-state index is 5.99. The molecule has 1 aromatic heterocycles. The molecule has 5 heteroatoms. The molecule has 0 aliphatic heterocycles. The van der Waals surface area contributed by atoms with Crippen LogP contribution in [0.1, 0.15) is 32.3 Å². The zero-order valence-electron chi connectivity index (χ0n) is 12.3. The van der Waals surface area contributed by atoms with Crippen molar-refractivity contribution < 1.29 is 0 Å². The second-order valence-corrected chi connectivity index (χ2v) is 6.20. The van der Waals surface area contributed by atoms with Crippen molar-refractivity contribution in [3.05, 3.63) is 23.8 Å². The Morgan fingerprint density at radius 3 is 2.75 bits per heavy atom. The topological polar surface area (TPSA) is 69.6 Å². The van der Waals surface area contributed by atoms with Crippen molar-refractivity contribution in [1.29, 1.82) is 0 Å². The summed E-state index contributed by atoms with van der Waals surface area (Å²) in [5, 5.41) is 12.3. The summed E-state index contributed by atoms with van der Waals surface area (Å²) in [5.41, 5.74) is 9.20. The number of rotatable bonds is 4. The molecule has 2 N–H and O–H groups in total. The van der Waals surface area contributed by atoms with Gasteiger partial charge in [0, 0.05) is 11.3 Å². The predicted molar refractivity (Wildman–Crippen MR) is 78.9 cm³/mol. The number of anilines is 1. The lowest BCUT2D eigenvalue weighted by atomic mass is 9.92. The van der Waals surface area contributed by atoms with Gasteiger partial charge in [-0.3, -0.25) is 0 Å². The van der Waals surface area contributed by atoms with E-state index < -0.39 is 0 Å². The van der Waals surface area contributed by atoms with Gasteiger partial charge in [0.25, 0.3) is 0 Å². The van der Waals surface area contributed by atoms with Gasteiger partial charge in [0.05, 0.1) is 6.54 Å². The normalized spacial score (nSPS) is 16.6. The molecule has 5 nitrogen and oxygen atoms in total. The fourth-order valence-electron chi connectivity index (χ4n) is 2.78. The SMILES string of the molecule is Cc1c(N)cccc1-c1nnnn1CC1(C(C)C)CC1. The first-order valence-electron chi connectivity index (χ1n) is 7.15. The minimum Gasteiger partial charge on any atom is -0.398 e. The molecule has 0 bridgehead atoms. The molecule has 0 amide bonds. The third kappa shape index (κ3) is 2.07. The van der Waals surface area contributed by atoms with Crippen LogP contribution in [0.15, 0.2) is 18.2 Å². The predicted octanol–water partition coefficient (Wildman–Crippen LogP) is 2.67. The maximum atomic E-state index is 5.99. The highest BCUT2D eigenvalue weighted by atomic mass is 15.5. The lowest BCUT2D eigenvalue weighted by Gasteiger charge is -2.20. The van der Waals surface area contributed by atoms with Crippen LogP contribution in [-0.4, -0.2) is 20.2 Å². The number of benzene rings is 1. The number of nitrogen functional groups attached to an aromatic ring is 1. The highest BCUT2D eigenvalue weighted by molar-refractivity contribution is 5.67. The molecule has 3 rings (SSSR count). The van der Waals surface area contributed by atoms with E-state index in [9.17, 15) is 0 Å². The zero-order valence-corrected chi connectivity index (χ0v) is 12.3. The molecule has 2 aromatic rings. The highest BCUT2D eigenvalue weighted by Gasteiger charge is 2.46. The van der Waals surface area contributed by atoms with E-state index in [1.54, 1.807) is 0 Å². The van der Waals surface area contributed by atoms with Gasteiger partial charge in [-0.2, -0.15) is 0 Å². The van der Waals surface area contributed by atoms with Crippen LogP contribution < -0.4 is 5.73 Å². The average molecular weight is 271 g/mol. The maximum Gasteiger partial charge on any atom is 0.182 e. The summed E-state index contributed by atoms with van der Waals surface area (Å²) in [4.78, 5) is 0. The van der Waals surface area contributed by atoms with Crippen LogP contribution in [0.3, 0.4) is 0 Å². The second kappa shape index (κ2) is 4.58. The van der Waals surface area contributed by atoms with Crippen LogP contribution in [0.4, 0.5) is 5.69 Å². The van der Waals surface area contributed by atoms with Crippen LogP contribution in [0.2, 0.25) is 0 Å². The molecule has 1 aliphatic carbocycles. The Kier molecular flexibility index (Phi) is 3.00. The molecule has 0 unspecified atom stereocenters. The van der Waals surface area contributed by atoms with Gasteiger partial charge < -0.3 is 5.73 Å². The first-order chi connectivity index (χ1) is 9.53. The summed E-state index contributed by atoms with van der Waals surface area (Å²) in [7, 11) is 0. The molecule has 0 spiro atoms. The molecule has 1 aliphatic rings. The second-order valence-electron chi connectivity index (χ2n) is 6.20. The van der Waals surface area contributed by atoms with Crippen molar-refractivity contribution >= 4 is 5.69 Å². The minimum absolute atomic E-state index is 0.373. The number of tetrazole rings is 1. The summed E-state index contributed by atoms with van der Waals surface area (Å²) >= 11 is 0. The van der Waals surface area contributed by atoms with Gasteiger partial charge in [0.15, 0.2) is 5.82 Å². The van der Waals surface area contributed by atoms with Crippen LogP contribution in [0.25, 0.3) is 11.4 Å². The van der Waals surface area contributed by atoms with Gasteiger partial charge >= 0.3 is 0 Å². The molecule has 1 fully saturated rings. The Hall–Kier alpha value is -1.91. The van der Waals surface area contributed by atoms with E-state index in [2.05, 4.69) is 29.4 Å². The van der Waals surface area contributed by atoms with E-state index in [1.165, 1.54) is 12.8 Å². The van der Waals surface area contributed by atoms with E-state index in [-0.39, 0.29) is 0 Å². The van der Waals surface area contributed by atoms with E-state index in [0.717, 1.165) is 29.2 Å². The molecule has 1 heterocycles. The van der Waals surface area contributed by atoms with Gasteiger partial charge in [0.2, 0.25) is 0 Å². The molecule has 1 aromatic carbocycles. The van der Waals surface area contributed by atoms with Gasteiger partial charge in [-0.25, -0.2) is 4.68 Å². The Bertz CT molecular complexity index is 625. The Morgan fingerprint density at radius 1 is 1.35 bits per heavy atom. The molecule has 20 heavy (non-hydrogen) atoms. The van der Waals surface area contributed by atoms with Gasteiger partial charge in [0.1, 0.15) is 0 Å². The summed E-state index contributed by atoms with van der Waals surface area (Å²) in [6.45, 7) is 7.46. The fraction of sp³-hybridized carbons (Fsp3) is 0.533. The largest absolute Gasteiger partial charge is 0.398 e. The minimum atomic E-state index is 0.373. The summed E-state index contributed by atoms with van der Waals surface area (Å²) in [5.74, 6) is 1.48.